The number of aromatic nitrogens is 1. The van der Waals surface area contributed by atoms with Crippen molar-refractivity contribution in [3.05, 3.63) is 17.8 Å². The van der Waals surface area contributed by atoms with Crippen molar-refractivity contribution >= 4 is 17.7 Å². The number of carboxylic acid groups (broad SMARTS) is 1. The minimum Gasteiger partial charge on any atom is -0.477 e. The summed E-state index contributed by atoms with van der Waals surface area (Å²) in [6, 6.07) is 3.17. The van der Waals surface area contributed by atoms with E-state index in [2.05, 4.69) is 9.88 Å². The fourth-order valence-electron chi connectivity index (χ4n) is 2.86. The van der Waals surface area contributed by atoms with Gasteiger partial charge in [-0.2, -0.15) is 0 Å². The van der Waals surface area contributed by atoms with Gasteiger partial charge in [0.1, 0.15) is 17.9 Å². The summed E-state index contributed by atoms with van der Waals surface area (Å²) in [6.45, 7) is 7.52. The van der Waals surface area contributed by atoms with E-state index in [9.17, 15) is 9.59 Å². The molecule has 1 aromatic heterocycles. The lowest BCUT2D eigenvalue weighted by molar-refractivity contribution is 0.0193. The molecule has 8 heteroatoms. The predicted molar refractivity (Wildman–Crippen MR) is 85.6 cm³/mol. The highest BCUT2D eigenvalue weighted by molar-refractivity contribution is 5.86. The Labute approximate surface area is 140 Å². The van der Waals surface area contributed by atoms with Crippen LogP contribution in [0.4, 0.5) is 10.5 Å². The Morgan fingerprint density at radius 3 is 2.75 bits per heavy atom. The van der Waals surface area contributed by atoms with Crippen molar-refractivity contribution in [1.82, 2.24) is 9.88 Å². The highest BCUT2D eigenvalue weighted by Gasteiger charge is 2.36. The fourth-order valence-corrected chi connectivity index (χ4v) is 2.86. The van der Waals surface area contributed by atoms with Crippen LogP contribution >= 0.6 is 0 Å². The number of rotatable bonds is 1. The smallest absolute Gasteiger partial charge is 0.410 e. The molecule has 1 fully saturated rings. The van der Waals surface area contributed by atoms with Gasteiger partial charge in [0, 0.05) is 19.6 Å². The fraction of sp³-hybridized carbons (Fsp3) is 0.562. The second-order valence-corrected chi connectivity index (χ2v) is 6.91. The van der Waals surface area contributed by atoms with E-state index in [1.165, 1.54) is 6.07 Å². The molecule has 8 nitrogen and oxygen atoms in total. The predicted octanol–water partition coefficient (Wildman–Crippen LogP) is 1.60. The van der Waals surface area contributed by atoms with Crippen molar-refractivity contribution in [3.63, 3.8) is 0 Å². The molecule has 0 spiro atoms. The number of piperazine rings is 1. The lowest BCUT2D eigenvalue weighted by atomic mass is 10.1. The number of ether oxygens (including phenoxy) is 2. The zero-order valence-electron chi connectivity index (χ0n) is 14.0. The third-order valence-electron chi connectivity index (χ3n) is 3.92. The number of hydrogen-bond donors (Lipinski definition) is 1. The largest absolute Gasteiger partial charge is 0.477 e. The number of amides is 1. The molecule has 24 heavy (non-hydrogen) atoms. The van der Waals surface area contributed by atoms with E-state index in [-0.39, 0.29) is 17.8 Å². The summed E-state index contributed by atoms with van der Waals surface area (Å²) < 4.78 is 11.0. The number of carbonyl (C=O) groups is 2. The first-order chi connectivity index (χ1) is 11.2. The molecule has 1 atom stereocenters. The van der Waals surface area contributed by atoms with Gasteiger partial charge in [-0.3, -0.25) is 0 Å². The molecule has 0 radical (unpaired) electrons. The molecule has 130 valence electrons. The highest BCUT2D eigenvalue weighted by Crippen LogP contribution is 2.34. The minimum atomic E-state index is -1.08. The van der Waals surface area contributed by atoms with E-state index in [0.29, 0.717) is 32.1 Å². The summed E-state index contributed by atoms with van der Waals surface area (Å²) in [5.41, 5.74) is 0.195. The summed E-state index contributed by atoms with van der Waals surface area (Å²) in [7, 11) is 0. The molecule has 0 saturated carbocycles. The molecular weight excluding hydrogens is 314 g/mol. The van der Waals surface area contributed by atoms with Crippen LogP contribution in [0.5, 0.6) is 5.88 Å². The normalized spacial score (nSPS) is 19.9. The average molecular weight is 335 g/mol. The summed E-state index contributed by atoms with van der Waals surface area (Å²) in [5.74, 6) is -0.755. The van der Waals surface area contributed by atoms with Gasteiger partial charge in [0.05, 0.1) is 6.04 Å². The highest BCUT2D eigenvalue weighted by atomic mass is 16.6. The van der Waals surface area contributed by atoms with Crippen LogP contribution in [0.1, 0.15) is 31.3 Å². The van der Waals surface area contributed by atoms with Crippen LogP contribution in [0.2, 0.25) is 0 Å². The van der Waals surface area contributed by atoms with Crippen LogP contribution < -0.4 is 9.64 Å². The zero-order chi connectivity index (χ0) is 17.5. The van der Waals surface area contributed by atoms with Crippen molar-refractivity contribution in [1.29, 1.82) is 0 Å². The Morgan fingerprint density at radius 1 is 1.33 bits per heavy atom. The minimum absolute atomic E-state index is 0.00348. The zero-order valence-corrected chi connectivity index (χ0v) is 14.0. The van der Waals surface area contributed by atoms with E-state index in [0.717, 1.165) is 5.69 Å². The molecule has 3 rings (SSSR count). The van der Waals surface area contributed by atoms with Crippen LogP contribution in [-0.4, -0.2) is 64.9 Å². The first kappa shape index (κ1) is 16.4. The number of nitrogens with zero attached hydrogens (tertiary/aromatic N) is 3. The maximum absolute atomic E-state index is 12.2. The van der Waals surface area contributed by atoms with E-state index in [4.69, 9.17) is 14.6 Å². The molecule has 2 aliphatic heterocycles. The molecule has 1 N–H and O–H groups in total. The molecule has 1 aromatic rings. The molecule has 1 saturated heterocycles. The molecule has 0 aromatic carbocycles. The Hall–Kier alpha value is -2.51. The van der Waals surface area contributed by atoms with Gasteiger partial charge < -0.3 is 24.4 Å². The second-order valence-electron chi connectivity index (χ2n) is 6.91. The van der Waals surface area contributed by atoms with Crippen molar-refractivity contribution < 1.29 is 24.2 Å². The number of fused-ring (bicyclic) bond motifs is 3. The Kier molecular flexibility index (Phi) is 3.98. The number of pyridine rings is 1. The number of carbonyl (C=O) groups excluding carboxylic acids is 1. The number of hydrogen-bond acceptors (Lipinski definition) is 6. The quantitative estimate of drug-likeness (QED) is 0.833. The van der Waals surface area contributed by atoms with Gasteiger partial charge in [-0.1, -0.05) is 0 Å². The third kappa shape index (κ3) is 3.22. The van der Waals surface area contributed by atoms with Gasteiger partial charge in [-0.05, 0) is 32.9 Å². The lowest BCUT2D eigenvalue weighted by Crippen LogP contribution is -2.59. The SMILES string of the molecule is CC(C)(C)OC(=O)N1CCN2c3ccc(C(=O)O)nc3OCC2C1. The van der Waals surface area contributed by atoms with Gasteiger partial charge in [0.25, 0.3) is 0 Å². The number of carboxylic acids is 1. The Morgan fingerprint density at radius 2 is 2.08 bits per heavy atom. The van der Waals surface area contributed by atoms with Gasteiger partial charge >= 0.3 is 12.1 Å². The van der Waals surface area contributed by atoms with Crippen molar-refractivity contribution in [2.24, 2.45) is 0 Å². The van der Waals surface area contributed by atoms with Crippen molar-refractivity contribution in [3.8, 4) is 5.88 Å². The molecule has 1 amide bonds. The van der Waals surface area contributed by atoms with Crippen LogP contribution in [0, 0.1) is 0 Å². The van der Waals surface area contributed by atoms with Gasteiger partial charge in [0.15, 0.2) is 5.69 Å². The van der Waals surface area contributed by atoms with E-state index in [1.807, 2.05) is 20.8 Å². The standard InChI is InChI=1S/C16H21N3O5/c1-16(2,3)24-15(22)18-6-7-19-10(8-18)9-23-13-12(19)5-4-11(17-13)14(20)21/h4-5,10H,6-9H2,1-3H3,(H,20,21). The Balaban J connectivity index is 1.73. The summed E-state index contributed by atoms with van der Waals surface area (Å²) in [6.07, 6.45) is -0.327. The van der Waals surface area contributed by atoms with Crippen LogP contribution in [0.15, 0.2) is 12.1 Å². The molecule has 3 heterocycles. The molecule has 1 unspecified atom stereocenters. The molecule has 0 aliphatic carbocycles. The summed E-state index contributed by atoms with van der Waals surface area (Å²) in [4.78, 5) is 31.1. The van der Waals surface area contributed by atoms with Crippen molar-refractivity contribution in [2.45, 2.75) is 32.4 Å². The summed E-state index contributed by atoms with van der Waals surface area (Å²) >= 11 is 0. The topological polar surface area (TPSA) is 92.2 Å². The van der Waals surface area contributed by atoms with Crippen LogP contribution in [0.3, 0.4) is 0 Å². The average Bonchev–Trinajstić information content (AvgIpc) is 2.51. The summed E-state index contributed by atoms with van der Waals surface area (Å²) in [5, 5.41) is 9.02. The maximum atomic E-state index is 12.2. The maximum Gasteiger partial charge on any atom is 0.410 e. The van der Waals surface area contributed by atoms with E-state index < -0.39 is 11.6 Å². The molecular formula is C16H21N3O5. The third-order valence-corrected chi connectivity index (χ3v) is 3.92. The first-order valence-corrected chi connectivity index (χ1v) is 7.86. The van der Waals surface area contributed by atoms with Gasteiger partial charge in [-0.25, -0.2) is 14.6 Å². The molecule has 0 bridgehead atoms. The number of anilines is 1. The van der Waals surface area contributed by atoms with Gasteiger partial charge in [0.2, 0.25) is 5.88 Å². The Bertz CT molecular complexity index is 670. The lowest BCUT2D eigenvalue weighted by Gasteiger charge is -2.45. The first-order valence-electron chi connectivity index (χ1n) is 7.86. The van der Waals surface area contributed by atoms with Gasteiger partial charge in [-0.15, -0.1) is 0 Å². The van der Waals surface area contributed by atoms with Crippen LogP contribution in [0.25, 0.3) is 0 Å². The van der Waals surface area contributed by atoms with E-state index >= 15 is 0 Å². The van der Waals surface area contributed by atoms with Crippen LogP contribution in [-0.2, 0) is 4.74 Å². The second kappa shape index (κ2) is 5.85. The monoisotopic (exact) mass is 335 g/mol. The van der Waals surface area contributed by atoms with Crippen molar-refractivity contribution in [2.75, 3.05) is 31.1 Å². The molecule has 2 aliphatic rings. The number of aromatic carboxylic acids is 1. The van der Waals surface area contributed by atoms with E-state index in [1.54, 1.807) is 11.0 Å².